The van der Waals surface area contributed by atoms with Crippen molar-refractivity contribution >= 4 is 11.6 Å². The van der Waals surface area contributed by atoms with Gasteiger partial charge in [0.25, 0.3) is 0 Å². The molecule has 4 nitrogen and oxygen atoms in total. The second-order valence-electron chi connectivity index (χ2n) is 2.93. The Kier molecular flexibility index (Phi) is 3.91. The minimum atomic E-state index is -0.00115. The van der Waals surface area contributed by atoms with Gasteiger partial charge < -0.3 is 10.2 Å². The van der Waals surface area contributed by atoms with Gasteiger partial charge in [-0.15, -0.1) is 0 Å². The van der Waals surface area contributed by atoms with Crippen molar-refractivity contribution in [3.63, 3.8) is 0 Å². The maximum Gasteiger partial charge on any atom is 0.220 e. The molecule has 76 valence electrons. The summed E-state index contributed by atoms with van der Waals surface area (Å²) in [6.45, 7) is 0. The molecule has 0 aromatic carbocycles. The maximum atomic E-state index is 11.2. The molecular formula is C10H14N2O2. The van der Waals surface area contributed by atoms with Gasteiger partial charge in [0.15, 0.2) is 0 Å². The van der Waals surface area contributed by atoms with Crippen LogP contribution >= 0.6 is 0 Å². The van der Waals surface area contributed by atoms with Crippen molar-refractivity contribution in [3.8, 4) is 0 Å². The highest BCUT2D eigenvalue weighted by Crippen LogP contribution is 2.13. The molecular weight excluding hydrogens is 180 g/mol. The molecule has 0 saturated heterocycles. The van der Waals surface area contributed by atoms with Gasteiger partial charge in [0.05, 0.1) is 5.71 Å². The second kappa shape index (κ2) is 5.21. The van der Waals surface area contributed by atoms with Gasteiger partial charge in [-0.05, 0) is 6.08 Å². The lowest BCUT2D eigenvalue weighted by Crippen LogP contribution is -2.24. The average Bonchev–Trinajstić information content (AvgIpc) is 2.21. The molecule has 1 atom stereocenters. The molecule has 0 spiro atoms. The van der Waals surface area contributed by atoms with E-state index in [0.717, 1.165) is 5.71 Å². The highest BCUT2D eigenvalue weighted by molar-refractivity contribution is 6.01. The number of oxime groups is 1. The summed E-state index contributed by atoms with van der Waals surface area (Å²) < 4.78 is 0. The minimum Gasteiger partial charge on any atom is -0.399 e. The molecule has 1 unspecified atom stereocenters. The Bertz CT molecular complexity index is 292. The van der Waals surface area contributed by atoms with Crippen molar-refractivity contribution < 1.29 is 9.63 Å². The normalized spacial score (nSPS) is 22.4. The van der Waals surface area contributed by atoms with Crippen LogP contribution < -0.4 is 5.32 Å². The Morgan fingerprint density at radius 2 is 2.43 bits per heavy atom. The zero-order valence-corrected chi connectivity index (χ0v) is 8.36. The highest BCUT2D eigenvalue weighted by Gasteiger charge is 2.16. The summed E-state index contributed by atoms with van der Waals surface area (Å²) in [6.07, 6.45) is 7.96. The molecule has 4 heteroatoms. The fraction of sp³-hybridized carbons (Fsp3) is 0.400. The SMILES string of the molecule is CNC(=O)CC1C=CC=CC1=NOC. The van der Waals surface area contributed by atoms with Gasteiger partial charge in [0.2, 0.25) is 5.91 Å². The molecule has 1 aliphatic rings. The number of carbonyl (C=O) groups excluding carboxylic acids is 1. The van der Waals surface area contributed by atoms with Gasteiger partial charge in [0, 0.05) is 19.4 Å². The second-order valence-corrected chi connectivity index (χ2v) is 2.93. The predicted molar refractivity (Wildman–Crippen MR) is 54.9 cm³/mol. The van der Waals surface area contributed by atoms with Crippen LogP contribution in [-0.4, -0.2) is 25.8 Å². The summed E-state index contributed by atoms with van der Waals surface area (Å²) >= 11 is 0. The zero-order valence-electron chi connectivity index (χ0n) is 8.36. The predicted octanol–water partition coefficient (Wildman–Crippen LogP) is 0.867. The van der Waals surface area contributed by atoms with Crippen LogP contribution in [0.15, 0.2) is 29.5 Å². The quantitative estimate of drug-likeness (QED) is 0.678. The fourth-order valence-corrected chi connectivity index (χ4v) is 1.25. The van der Waals surface area contributed by atoms with Gasteiger partial charge in [-0.25, -0.2) is 0 Å². The van der Waals surface area contributed by atoms with Crippen LogP contribution in [0.2, 0.25) is 0 Å². The van der Waals surface area contributed by atoms with Crippen molar-refractivity contribution in [2.45, 2.75) is 6.42 Å². The standard InChI is InChI=1S/C10H14N2O2/c1-11-10(13)7-8-5-3-4-6-9(8)12-14-2/h3-6,8H,7H2,1-2H3,(H,11,13). The third kappa shape index (κ3) is 2.73. The van der Waals surface area contributed by atoms with Crippen LogP contribution in [0.3, 0.4) is 0 Å². The zero-order chi connectivity index (χ0) is 10.4. The number of hydrogen-bond acceptors (Lipinski definition) is 3. The monoisotopic (exact) mass is 194 g/mol. The van der Waals surface area contributed by atoms with Gasteiger partial charge in [-0.1, -0.05) is 23.4 Å². The van der Waals surface area contributed by atoms with Gasteiger partial charge in [-0.2, -0.15) is 0 Å². The minimum absolute atomic E-state index is 0.00115. The van der Waals surface area contributed by atoms with Gasteiger partial charge in [0.1, 0.15) is 7.11 Å². The Morgan fingerprint density at radius 3 is 3.07 bits per heavy atom. The molecule has 14 heavy (non-hydrogen) atoms. The largest absolute Gasteiger partial charge is 0.399 e. The first kappa shape index (κ1) is 10.5. The van der Waals surface area contributed by atoms with E-state index in [-0.39, 0.29) is 11.8 Å². The molecule has 0 fully saturated rings. The third-order valence-electron chi connectivity index (χ3n) is 1.98. The number of nitrogens with zero attached hydrogens (tertiary/aromatic N) is 1. The lowest BCUT2D eigenvalue weighted by Gasteiger charge is -2.13. The van der Waals surface area contributed by atoms with Gasteiger partial charge >= 0.3 is 0 Å². The summed E-state index contributed by atoms with van der Waals surface area (Å²) in [7, 11) is 3.12. The molecule has 1 amide bonds. The van der Waals surface area contributed by atoms with E-state index in [9.17, 15) is 4.79 Å². The van der Waals surface area contributed by atoms with Crippen molar-refractivity contribution in [2.24, 2.45) is 11.1 Å². The molecule has 1 N–H and O–H groups in total. The van der Waals surface area contributed by atoms with E-state index in [1.54, 1.807) is 7.05 Å². The molecule has 0 bridgehead atoms. The molecule has 0 saturated carbocycles. The molecule has 0 aromatic rings. The maximum absolute atomic E-state index is 11.2. The van der Waals surface area contributed by atoms with E-state index >= 15 is 0 Å². The Hall–Kier alpha value is -1.58. The van der Waals surface area contributed by atoms with Crippen LogP contribution in [-0.2, 0) is 9.63 Å². The first-order valence-corrected chi connectivity index (χ1v) is 4.44. The van der Waals surface area contributed by atoms with E-state index in [1.807, 2.05) is 24.3 Å². The van der Waals surface area contributed by atoms with Gasteiger partial charge in [-0.3, -0.25) is 4.79 Å². The molecule has 0 radical (unpaired) electrons. The van der Waals surface area contributed by atoms with Crippen LogP contribution in [0.25, 0.3) is 0 Å². The van der Waals surface area contributed by atoms with Crippen LogP contribution in [0.5, 0.6) is 0 Å². The summed E-state index contributed by atoms with van der Waals surface area (Å²) in [4.78, 5) is 15.9. The number of hydrogen-bond donors (Lipinski definition) is 1. The van der Waals surface area contributed by atoms with Crippen LogP contribution in [0.1, 0.15) is 6.42 Å². The van der Waals surface area contributed by atoms with E-state index in [1.165, 1.54) is 7.11 Å². The summed E-state index contributed by atoms with van der Waals surface area (Å²) in [5.74, 6) is 0.0126. The number of amides is 1. The number of rotatable bonds is 3. The average molecular weight is 194 g/mol. The molecule has 1 rings (SSSR count). The lowest BCUT2D eigenvalue weighted by molar-refractivity contribution is -0.120. The van der Waals surface area contributed by atoms with E-state index in [0.29, 0.717) is 6.42 Å². The fourth-order valence-electron chi connectivity index (χ4n) is 1.25. The lowest BCUT2D eigenvalue weighted by atomic mass is 9.95. The first-order valence-electron chi connectivity index (χ1n) is 4.44. The van der Waals surface area contributed by atoms with Crippen molar-refractivity contribution in [3.05, 3.63) is 24.3 Å². The smallest absolute Gasteiger partial charge is 0.220 e. The number of allylic oxidation sites excluding steroid dienone is 4. The highest BCUT2D eigenvalue weighted by atomic mass is 16.6. The summed E-state index contributed by atoms with van der Waals surface area (Å²) in [6, 6.07) is 0. The first-order chi connectivity index (χ1) is 6.77. The molecule has 0 aromatic heterocycles. The van der Waals surface area contributed by atoms with E-state index in [4.69, 9.17) is 4.84 Å². The van der Waals surface area contributed by atoms with E-state index in [2.05, 4.69) is 10.5 Å². The van der Waals surface area contributed by atoms with E-state index < -0.39 is 0 Å². The summed E-state index contributed by atoms with van der Waals surface area (Å²) in [5.41, 5.74) is 0.776. The Balaban J connectivity index is 2.66. The number of carbonyl (C=O) groups is 1. The molecule has 1 aliphatic carbocycles. The van der Waals surface area contributed by atoms with Crippen molar-refractivity contribution in [1.29, 1.82) is 0 Å². The Labute approximate surface area is 83.3 Å². The topological polar surface area (TPSA) is 50.7 Å². The van der Waals surface area contributed by atoms with Crippen LogP contribution in [0.4, 0.5) is 0 Å². The Morgan fingerprint density at radius 1 is 1.64 bits per heavy atom. The molecule has 0 heterocycles. The third-order valence-corrected chi connectivity index (χ3v) is 1.98. The molecule has 0 aliphatic heterocycles. The van der Waals surface area contributed by atoms with Crippen molar-refractivity contribution in [2.75, 3.05) is 14.2 Å². The van der Waals surface area contributed by atoms with Crippen molar-refractivity contribution in [1.82, 2.24) is 5.32 Å². The van der Waals surface area contributed by atoms with Crippen LogP contribution in [0, 0.1) is 5.92 Å². The summed E-state index contributed by atoms with van der Waals surface area (Å²) in [5, 5.41) is 6.43. The number of nitrogens with one attached hydrogen (secondary N) is 1.